The van der Waals surface area contributed by atoms with Gasteiger partial charge in [0.2, 0.25) is 11.3 Å². The van der Waals surface area contributed by atoms with E-state index in [0.29, 0.717) is 30.0 Å². The van der Waals surface area contributed by atoms with Gasteiger partial charge in [0.05, 0.1) is 5.39 Å². The number of likely N-dealkylation sites (tertiary alicyclic amines) is 1. The molecule has 1 unspecified atom stereocenters. The van der Waals surface area contributed by atoms with E-state index in [2.05, 4.69) is 21.9 Å². The van der Waals surface area contributed by atoms with Crippen LogP contribution >= 0.6 is 0 Å². The minimum absolute atomic E-state index is 0.0501. The third-order valence-electron chi connectivity index (χ3n) is 7.46. The van der Waals surface area contributed by atoms with Crippen molar-refractivity contribution in [3.05, 3.63) is 39.8 Å². The zero-order valence-electron chi connectivity index (χ0n) is 18.2. The second-order valence-corrected chi connectivity index (χ2v) is 9.42. The molecule has 8 heteroatoms. The van der Waals surface area contributed by atoms with E-state index in [0.717, 1.165) is 51.1 Å². The average molecular weight is 424 g/mol. The summed E-state index contributed by atoms with van der Waals surface area (Å²) in [6, 6.07) is 3.50. The molecule has 2 aromatic heterocycles. The lowest BCUT2D eigenvalue weighted by Gasteiger charge is -2.35. The van der Waals surface area contributed by atoms with Gasteiger partial charge < -0.3 is 19.7 Å². The van der Waals surface area contributed by atoms with E-state index in [1.165, 1.54) is 6.20 Å². The summed E-state index contributed by atoms with van der Waals surface area (Å²) in [5, 5.41) is 0.435. The predicted molar refractivity (Wildman–Crippen MR) is 117 cm³/mol. The van der Waals surface area contributed by atoms with Crippen LogP contribution < -0.4 is 5.43 Å². The molecular formula is C23H29N5O3. The van der Waals surface area contributed by atoms with Crippen LogP contribution in [0.5, 0.6) is 0 Å². The molecule has 0 aromatic carbocycles. The number of likely N-dealkylation sites (N-methyl/N-ethyl adjacent to an activating group) is 1. The van der Waals surface area contributed by atoms with Crippen molar-refractivity contribution < 1.29 is 9.59 Å². The summed E-state index contributed by atoms with van der Waals surface area (Å²) in [6.45, 7) is 6.54. The number of piperidine rings is 1. The minimum Gasteiger partial charge on any atom is -0.345 e. The number of rotatable bonds is 2. The van der Waals surface area contributed by atoms with E-state index in [9.17, 15) is 14.4 Å². The van der Waals surface area contributed by atoms with Crippen LogP contribution in [-0.4, -0.2) is 82.8 Å². The molecule has 8 nitrogen and oxygen atoms in total. The number of carbonyl (C=O) groups excluding carboxylic acids is 2. The molecule has 2 amide bonds. The number of pyridine rings is 2. The highest BCUT2D eigenvalue weighted by atomic mass is 16.2. The Kier molecular flexibility index (Phi) is 4.84. The third-order valence-corrected chi connectivity index (χ3v) is 7.46. The smallest absolute Gasteiger partial charge is 0.259 e. The van der Waals surface area contributed by atoms with Gasteiger partial charge in [-0.2, -0.15) is 0 Å². The van der Waals surface area contributed by atoms with Crippen LogP contribution in [0.1, 0.15) is 35.3 Å². The van der Waals surface area contributed by atoms with Crippen LogP contribution in [0.25, 0.3) is 11.0 Å². The summed E-state index contributed by atoms with van der Waals surface area (Å²) in [4.78, 5) is 52.2. The van der Waals surface area contributed by atoms with Crippen molar-refractivity contribution in [2.24, 2.45) is 11.3 Å². The first kappa shape index (κ1) is 20.2. The molecule has 0 bridgehead atoms. The molecule has 3 fully saturated rings. The molecule has 1 atom stereocenters. The largest absolute Gasteiger partial charge is 0.345 e. The average Bonchev–Trinajstić information content (AvgIpc) is 3.47. The fourth-order valence-electron chi connectivity index (χ4n) is 5.18. The highest BCUT2D eigenvalue weighted by molar-refractivity contribution is 5.96. The highest BCUT2D eigenvalue weighted by Gasteiger charge is 2.59. The van der Waals surface area contributed by atoms with E-state index < -0.39 is 0 Å². The Labute approximate surface area is 181 Å². The number of H-pyrrole nitrogens is 1. The number of nitrogens with zero attached hydrogens (tertiary/aromatic N) is 4. The first-order valence-electron chi connectivity index (χ1n) is 11.1. The number of fused-ring (bicyclic) bond motifs is 1. The van der Waals surface area contributed by atoms with Gasteiger partial charge in [-0.25, -0.2) is 4.98 Å². The summed E-state index contributed by atoms with van der Waals surface area (Å²) in [5.74, 6) is 0.161. The number of hydrogen-bond acceptors (Lipinski definition) is 5. The van der Waals surface area contributed by atoms with Gasteiger partial charge in [0.15, 0.2) is 0 Å². The normalized spacial score (nSPS) is 23.4. The zero-order chi connectivity index (χ0) is 21.8. The Hall–Kier alpha value is -2.74. The molecule has 1 N–H and O–H groups in total. The van der Waals surface area contributed by atoms with Crippen LogP contribution in [0.15, 0.2) is 23.1 Å². The molecule has 164 valence electrons. The van der Waals surface area contributed by atoms with Gasteiger partial charge in [-0.1, -0.05) is 0 Å². The van der Waals surface area contributed by atoms with Crippen LogP contribution in [-0.2, 0) is 4.79 Å². The fourth-order valence-corrected chi connectivity index (χ4v) is 5.18. The topological polar surface area (TPSA) is 89.6 Å². The Morgan fingerprint density at radius 2 is 1.77 bits per heavy atom. The molecule has 4 heterocycles. The van der Waals surface area contributed by atoms with Crippen molar-refractivity contribution >= 4 is 22.8 Å². The quantitative estimate of drug-likeness (QED) is 0.785. The lowest BCUT2D eigenvalue weighted by Crippen LogP contribution is -2.48. The fraction of sp³-hybridized carbons (Fsp3) is 0.565. The number of piperazine rings is 1. The lowest BCUT2D eigenvalue weighted by atomic mass is 9.90. The summed E-state index contributed by atoms with van der Waals surface area (Å²) in [6.07, 6.45) is 4.08. The summed E-state index contributed by atoms with van der Waals surface area (Å²) in [5.41, 5.74) is 1.25. The summed E-state index contributed by atoms with van der Waals surface area (Å²) >= 11 is 0. The summed E-state index contributed by atoms with van der Waals surface area (Å²) < 4.78 is 0. The second-order valence-electron chi connectivity index (χ2n) is 9.42. The van der Waals surface area contributed by atoms with Gasteiger partial charge in [0.1, 0.15) is 11.2 Å². The molecule has 1 aliphatic carbocycles. The first-order valence-corrected chi connectivity index (χ1v) is 11.1. The van der Waals surface area contributed by atoms with Gasteiger partial charge in [-0.05, 0) is 50.8 Å². The van der Waals surface area contributed by atoms with Gasteiger partial charge in [0, 0.05) is 57.1 Å². The highest BCUT2D eigenvalue weighted by Crippen LogP contribution is 2.60. The Balaban J connectivity index is 1.24. The summed E-state index contributed by atoms with van der Waals surface area (Å²) in [7, 11) is 2.09. The van der Waals surface area contributed by atoms with Crippen molar-refractivity contribution in [2.45, 2.75) is 26.2 Å². The molecule has 2 aliphatic heterocycles. The first-order chi connectivity index (χ1) is 14.9. The van der Waals surface area contributed by atoms with E-state index in [-0.39, 0.29) is 28.2 Å². The molecule has 5 rings (SSSR count). The second kappa shape index (κ2) is 7.44. The Morgan fingerprint density at radius 1 is 1.06 bits per heavy atom. The van der Waals surface area contributed by atoms with Crippen LogP contribution in [0.2, 0.25) is 0 Å². The van der Waals surface area contributed by atoms with Crippen molar-refractivity contribution in [3.8, 4) is 0 Å². The Morgan fingerprint density at radius 3 is 2.48 bits per heavy atom. The van der Waals surface area contributed by atoms with Crippen molar-refractivity contribution in [3.63, 3.8) is 0 Å². The van der Waals surface area contributed by atoms with Crippen LogP contribution in [0.3, 0.4) is 0 Å². The van der Waals surface area contributed by atoms with Crippen LogP contribution in [0.4, 0.5) is 0 Å². The van der Waals surface area contributed by atoms with Crippen LogP contribution in [0, 0.1) is 18.3 Å². The van der Waals surface area contributed by atoms with E-state index in [4.69, 9.17) is 0 Å². The maximum Gasteiger partial charge on any atom is 0.259 e. The van der Waals surface area contributed by atoms with Crippen molar-refractivity contribution in [2.75, 3.05) is 46.3 Å². The minimum atomic E-state index is -0.277. The number of aryl methyl sites for hydroxylation is 1. The van der Waals surface area contributed by atoms with Gasteiger partial charge in [0.25, 0.3) is 5.91 Å². The number of hydrogen-bond donors (Lipinski definition) is 1. The molecule has 31 heavy (non-hydrogen) atoms. The standard InChI is InChI=1S/C23H29N5O3/c1-15-3-4-16-19(29)17(14-24-20(16)25-15)21(30)27-7-5-23(6-8-27)13-18(23)22(31)28-11-9-26(2)10-12-28/h3-4,14,18H,5-13H2,1-2H3,(H,24,25,29). The maximum atomic E-state index is 13.1. The maximum absolute atomic E-state index is 13.1. The van der Waals surface area contributed by atoms with E-state index in [1.807, 2.05) is 11.8 Å². The Bertz CT molecular complexity index is 1090. The number of amides is 2. The zero-order valence-corrected chi connectivity index (χ0v) is 18.2. The number of aromatic nitrogens is 2. The monoisotopic (exact) mass is 423 g/mol. The molecule has 2 saturated heterocycles. The third kappa shape index (κ3) is 3.52. The molecule has 0 radical (unpaired) electrons. The molecule has 1 spiro atoms. The van der Waals surface area contributed by atoms with E-state index >= 15 is 0 Å². The van der Waals surface area contributed by atoms with Crippen molar-refractivity contribution in [1.29, 1.82) is 0 Å². The molecule has 3 aliphatic rings. The van der Waals surface area contributed by atoms with Gasteiger partial charge >= 0.3 is 0 Å². The molecular weight excluding hydrogens is 394 g/mol. The lowest BCUT2D eigenvalue weighted by molar-refractivity contribution is -0.135. The molecule has 2 aromatic rings. The SMILES string of the molecule is Cc1ccc2c(=O)c(C(=O)N3CCC4(CC3)CC4C(=O)N3CCN(C)CC3)c[nH]c2n1. The number of aromatic amines is 1. The van der Waals surface area contributed by atoms with Crippen molar-refractivity contribution in [1.82, 2.24) is 24.7 Å². The van der Waals surface area contributed by atoms with Gasteiger partial charge in [-0.3, -0.25) is 14.4 Å². The van der Waals surface area contributed by atoms with Gasteiger partial charge in [-0.15, -0.1) is 0 Å². The number of carbonyl (C=O) groups is 2. The molecule has 1 saturated carbocycles. The predicted octanol–water partition coefficient (Wildman–Crippen LogP) is 1.25. The van der Waals surface area contributed by atoms with E-state index in [1.54, 1.807) is 17.0 Å². The number of nitrogens with one attached hydrogen (secondary N) is 1.